The zero-order valence-electron chi connectivity index (χ0n) is 9.92. The van der Waals surface area contributed by atoms with Gasteiger partial charge < -0.3 is 4.90 Å². The van der Waals surface area contributed by atoms with E-state index in [0.717, 1.165) is 19.4 Å². The maximum atomic E-state index is 12.1. The second-order valence-corrected chi connectivity index (χ2v) is 4.93. The Kier molecular flexibility index (Phi) is 3.73. The van der Waals surface area contributed by atoms with Gasteiger partial charge in [0.2, 0.25) is 5.91 Å². The second kappa shape index (κ2) is 4.65. The Morgan fingerprint density at radius 1 is 1.40 bits per heavy atom. The summed E-state index contributed by atoms with van der Waals surface area (Å²) in [4.78, 5) is 14.0. The molecule has 1 atom stereocenters. The van der Waals surface area contributed by atoms with E-state index < -0.39 is 5.41 Å². The summed E-state index contributed by atoms with van der Waals surface area (Å²) in [6.45, 7) is 6.29. The van der Waals surface area contributed by atoms with E-state index >= 15 is 0 Å². The lowest BCUT2D eigenvalue weighted by molar-refractivity contribution is -0.139. The molecule has 3 nitrogen and oxygen atoms in total. The number of carbonyl (C=O) groups excluding carboxylic acids is 1. The Morgan fingerprint density at radius 3 is 2.67 bits per heavy atom. The van der Waals surface area contributed by atoms with E-state index in [1.54, 1.807) is 13.8 Å². The predicted octanol–water partition coefficient (Wildman–Crippen LogP) is 2.33. The minimum atomic E-state index is -0.876. The second-order valence-electron chi connectivity index (χ2n) is 4.93. The maximum absolute atomic E-state index is 12.1. The van der Waals surface area contributed by atoms with Gasteiger partial charge in [0.15, 0.2) is 0 Å². The van der Waals surface area contributed by atoms with Crippen LogP contribution in [0, 0.1) is 16.7 Å². The van der Waals surface area contributed by atoms with Gasteiger partial charge in [0.25, 0.3) is 0 Å². The van der Waals surface area contributed by atoms with Crippen LogP contribution in [0.25, 0.3) is 0 Å². The number of amides is 1. The van der Waals surface area contributed by atoms with E-state index in [0.29, 0.717) is 0 Å². The highest BCUT2D eigenvalue weighted by Crippen LogP contribution is 2.23. The van der Waals surface area contributed by atoms with Crippen LogP contribution in [-0.4, -0.2) is 23.4 Å². The van der Waals surface area contributed by atoms with Crippen molar-refractivity contribution < 1.29 is 4.79 Å². The summed E-state index contributed by atoms with van der Waals surface area (Å²) in [5.74, 6) is -0.0144. The highest BCUT2D eigenvalue weighted by atomic mass is 16.2. The lowest BCUT2D eigenvalue weighted by Gasteiger charge is -2.31. The first-order chi connectivity index (χ1) is 6.99. The van der Waals surface area contributed by atoms with Crippen LogP contribution in [0.4, 0.5) is 0 Å². The third-order valence-electron chi connectivity index (χ3n) is 3.13. The average molecular weight is 208 g/mol. The van der Waals surface area contributed by atoms with Crippen LogP contribution >= 0.6 is 0 Å². The summed E-state index contributed by atoms with van der Waals surface area (Å²) >= 11 is 0. The van der Waals surface area contributed by atoms with E-state index in [1.165, 1.54) is 12.8 Å². The van der Waals surface area contributed by atoms with Gasteiger partial charge in [-0.3, -0.25) is 4.79 Å². The summed E-state index contributed by atoms with van der Waals surface area (Å²) in [6.07, 6.45) is 4.52. The van der Waals surface area contributed by atoms with Crippen molar-refractivity contribution in [3.8, 4) is 6.07 Å². The lowest BCUT2D eigenvalue weighted by Crippen LogP contribution is -2.45. The smallest absolute Gasteiger partial charge is 0.242 e. The van der Waals surface area contributed by atoms with Gasteiger partial charge in [0.05, 0.1) is 6.07 Å². The van der Waals surface area contributed by atoms with Gasteiger partial charge in [-0.05, 0) is 33.6 Å². The van der Waals surface area contributed by atoms with Crippen LogP contribution in [0.3, 0.4) is 0 Å². The van der Waals surface area contributed by atoms with Crippen LogP contribution in [0.1, 0.15) is 46.5 Å². The third kappa shape index (κ3) is 2.71. The van der Waals surface area contributed by atoms with Crippen molar-refractivity contribution >= 4 is 5.91 Å². The van der Waals surface area contributed by atoms with Crippen LogP contribution in [0.15, 0.2) is 0 Å². The minimum absolute atomic E-state index is 0.0144. The molecular weight excluding hydrogens is 188 g/mol. The maximum Gasteiger partial charge on any atom is 0.242 e. The fourth-order valence-electron chi connectivity index (χ4n) is 1.98. The molecule has 1 aliphatic rings. The molecule has 0 spiro atoms. The average Bonchev–Trinajstić information content (AvgIpc) is 2.41. The minimum Gasteiger partial charge on any atom is -0.339 e. The van der Waals surface area contributed by atoms with E-state index in [-0.39, 0.29) is 11.9 Å². The van der Waals surface area contributed by atoms with Gasteiger partial charge in [0, 0.05) is 12.6 Å². The molecule has 0 aliphatic carbocycles. The van der Waals surface area contributed by atoms with Crippen molar-refractivity contribution in [2.75, 3.05) is 6.54 Å². The highest BCUT2D eigenvalue weighted by Gasteiger charge is 2.34. The molecule has 1 unspecified atom stereocenters. The number of hydrogen-bond acceptors (Lipinski definition) is 2. The SMILES string of the molecule is CC1CCCCCN1C(=O)C(C)(C)C#N. The molecule has 0 bridgehead atoms. The predicted molar refractivity (Wildman–Crippen MR) is 59.0 cm³/mol. The molecule has 0 aromatic heterocycles. The summed E-state index contributed by atoms with van der Waals surface area (Å²) in [5.41, 5.74) is -0.876. The first-order valence-corrected chi connectivity index (χ1v) is 5.71. The zero-order chi connectivity index (χ0) is 11.5. The Morgan fingerprint density at radius 2 is 2.07 bits per heavy atom. The number of hydrogen-bond donors (Lipinski definition) is 0. The van der Waals surface area contributed by atoms with Crippen LogP contribution in [-0.2, 0) is 4.79 Å². The molecule has 1 aliphatic heterocycles. The monoisotopic (exact) mass is 208 g/mol. The molecule has 0 saturated carbocycles. The topological polar surface area (TPSA) is 44.1 Å². The Bertz CT molecular complexity index is 278. The molecule has 3 heteroatoms. The van der Waals surface area contributed by atoms with Crippen LogP contribution in [0.5, 0.6) is 0 Å². The number of rotatable bonds is 1. The summed E-state index contributed by atoms with van der Waals surface area (Å²) in [7, 11) is 0. The summed E-state index contributed by atoms with van der Waals surface area (Å²) in [6, 6.07) is 2.37. The van der Waals surface area contributed by atoms with Gasteiger partial charge in [-0.25, -0.2) is 0 Å². The van der Waals surface area contributed by atoms with E-state index in [2.05, 4.69) is 13.0 Å². The number of nitrogens with zero attached hydrogens (tertiary/aromatic N) is 2. The molecule has 0 aromatic rings. The molecule has 1 heterocycles. The Hall–Kier alpha value is -1.04. The molecule has 1 fully saturated rings. The molecule has 1 amide bonds. The van der Waals surface area contributed by atoms with Gasteiger partial charge in [-0.15, -0.1) is 0 Å². The van der Waals surface area contributed by atoms with Gasteiger partial charge in [0.1, 0.15) is 5.41 Å². The van der Waals surface area contributed by atoms with Gasteiger partial charge in [-0.2, -0.15) is 5.26 Å². The molecule has 0 N–H and O–H groups in total. The summed E-state index contributed by atoms with van der Waals surface area (Å²) in [5, 5.41) is 8.95. The molecule has 15 heavy (non-hydrogen) atoms. The molecule has 84 valence electrons. The first kappa shape index (κ1) is 12.0. The van der Waals surface area contributed by atoms with E-state index in [1.807, 2.05) is 4.90 Å². The zero-order valence-corrected chi connectivity index (χ0v) is 9.92. The van der Waals surface area contributed by atoms with Crippen molar-refractivity contribution in [3.63, 3.8) is 0 Å². The number of carbonyl (C=O) groups is 1. The largest absolute Gasteiger partial charge is 0.339 e. The Labute approximate surface area is 92.1 Å². The fraction of sp³-hybridized carbons (Fsp3) is 0.833. The number of likely N-dealkylation sites (tertiary alicyclic amines) is 1. The molecule has 0 radical (unpaired) electrons. The Balaban J connectivity index is 2.77. The fourth-order valence-corrected chi connectivity index (χ4v) is 1.98. The first-order valence-electron chi connectivity index (χ1n) is 5.71. The van der Waals surface area contributed by atoms with Crippen molar-refractivity contribution in [2.24, 2.45) is 5.41 Å². The normalized spacial score (nSPS) is 23.1. The van der Waals surface area contributed by atoms with E-state index in [4.69, 9.17) is 5.26 Å². The standard InChI is InChI=1S/C12H20N2O/c1-10-7-5-4-6-8-14(10)11(15)12(2,3)9-13/h10H,4-8H2,1-3H3. The van der Waals surface area contributed by atoms with Crippen molar-refractivity contribution in [1.82, 2.24) is 4.90 Å². The van der Waals surface area contributed by atoms with Crippen molar-refractivity contribution in [2.45, 2.75) is 52.5 Å². The quantitative estimate of drug-likeness (QED) is 0.663. The molecule has 1 saturated heterocycles. The van der Waals surface area contributed by atoms with Crippen LogP contribution in [0.2, 0.25) is 0 Å². The highest BCUT2D eigenvalue weighted by molar-refractivity contribution is 5.84. The van der Waals surface area contributed by atoms with Crippen molar-refractivity contribution in [3.05, 3.63) is 0 Å². The van der Waals surface area contributed by atoms with Gasteiger partial charge >= 0.3 is 0 Å². The summed E-state index contributed by atoms with van der Waals surface area (Å²) < 4.78 is 0. The van der Waals surface area contributed by atoms with Crippen molar-refractivity contribution in [1.29, 1.82) is 5.26 Å². The molecular formula is C12H20N2O. The third-order valence-corrected chi connectivity index (χ3v) is 3.13. The van der Waals surface area contributed by atoms with Gasteiger partial charge in [-0.1, -0.05) is 12.8 Å². The number of nitriles is 1. The lowest BCUT2D eigenvalue weighted by atomic mass is 9.93. The van der Waals surface area contributed by atoms with E-state index in [9.17, 15) is 4.79 Å². The molecule has 1 rings (SSSR count). The molecule has 0 aromatic carbocycles. The van der Waals surface area contributed by atoms with Crippen LogP contribution < -0.4 is 0 Å².